The highest BCUT2D eigenvalue weighted by Crippen LogP contribution is 2.09. The molecule has 24 heavy (non-hydrogen) atoms. The van der Waals surface area contributed by atoms with Gasteiger partial charge < -0.3 is 14.6 Å². The standard InChI is InChI=1S/C14H14N6O4/c1-7-4-5-15-14-17-11(18-20(7)14)13(22)23-9(3)12(21)16-10-6-8(2)24-19-10/h4-6,9H,1-3H3,(H,16,19,21). The van der Waals surface area contributed by atoms with Crippen LogP contribution in [0.2, 0.25) is 0 Å². The van der Waals surface area contributed by atoms with E-state index in [2.05, 4.69) is 25.5 Å². The summed E-state index contributed by atoms with van der Waals surface area (Å²) in [5.74, 6) is -0.475. The summed E-state index contributed by atoms with van der Waals surface area (Å²) in [4.78, 5) is 32.1. The molecule has 1 atom stereocenters. The number of esters is 1. The van der Waals surface area contributed by atoms with Gasteiger partial charge in [-0.1, -0.05) is 5.16 Å². The Bertz CT molecular complexity index is 915. The minimum absolute atomic E-state index is 0.172. The molecule has 0 bridgehead atoms. The van der Waals surface area contributed by atoms with Crippen LogP contribution in [-0.4, -0.2) is 42.7 Å². The molecule has 3 aromatic heterocycles. The van der Waals surface area contributed by atoms with Crippen LogP contribution >= 0.6 is 0 Å². The van der Waals surface area contributed by atoms with Gasteiger partial charge in [-0.3, -0.25) is 4.79 Å². The normalized spacial score (nSPS) is 12.1. The maximum atomic E-state index is 12.1. The van der Waals surface area contributed by atoms with Gasteiger partial charge in [-0.25, -0.2) is 14.3 Å². The van der Waals surface area contributed by atoms with Crippen LogP contribution in [0.3, 0.4) is 0 Å². The van der Waals surface area contributed by atoms with E-state index in [0.717, 1.165) is 5.69 Å². The second-order valence-electron chi connectivity index (χ2n) is 5.09. The SMILES string of the molecule is Cc1cc(NC(=O)C(C)OC(=O)c2nc3nccc(C)n3n2)no1. The van der Waals surface area contributed by atoms with E-state index in [-0.39, 0.29) is 17.4 Å². The highest BCUT2D eigenvalue weighted by atomic mass is 16.5. The van der Waals surface area contributed by atoms with Crippen molar-refractivity contribution < 1.29 is 18.8 Å². The van der Waals surface area contributed by atoms with Gasteiger partial charge in [0.05, 0.1) is 0 Å². The molecule has 3 rings (SSSR count). The third kappa shape index (κ3) is 3.07. The van der Waals surface area contributed by atoms with Crippen molar-refractivity contribution in [2.24, 2.45) is 0 Å². The first-order chi connectivity index (χ1) is 11.4. The smallest absolute Gasteiger partial charge is 0.379 e. The number of nitrogens with one attached hydrogen (secondary N) is 1. The van der Waals surface area contributed by atoms with E-state index in [9.17, 15) is 9.59 Å². The van der Waals surface area contributed by atoms with Gasteiger partial charge in [0.2, 0.25) is 0 Å². The molecule has 124 valence electrons. The van der Waals surface area contributed by atoms with Gasteiger partial charge in [-0.2, -0.15) is 4.98 Å². The van der Waals surface area contributed by atoms with E-state index in [1.165, 1.54) is 11.4 Å². The fourth-order valence-electron chi connectivity index (χ4n) is 1.91. The minimum atomic E-state index is -1.06. The van der Waals surface area contributed by atoms with Crippen LogP contribution in [-0.2, 0) is 9.53 Å². The monoisotopic (exact) mass is 330 g/mol. The fourth-order valence-corrected chi connectivity index (χ4v) is 1.91. The first-order valence-electron chi connectivity index (χ1n) is 7.07. The summed E-state index contributed by atoms with van der Waals surface area (Å²) in [6, 6.07) is 3.28. The van der Waals surface area contributed by atoms with Gasteiger partial charge in [0.25, 0.3) is 17.5 Å². The predicted octanol–water partition coefficient (Wildman–Crippen LogP) is 0.913. The number of ether oxygens (including phenoxy) is 1. The zero-order valence-electron chi connectivity index (χ0n) is 13.2. The topological polar surface area (TPSA) is 125 Å². The summed E-state index contributed by atoms with van der Waals surface area (Å²) in [6.45, 7) is 4.92. The summed E-state index contributed by atoms with van der Waals surface area (Å²) in [7, 11) is 0. The van der Waals surface area contributed by atoms with E-state index < -0.39 is 18.0 Å². The lowest BCUT2D eigenvalue weighted by molar-refractivity contribution is -0.123. The molecule has 0 fully saturated rings. The van der Waals surface area contributed by atoms with Crippen molar-refractivity contribution in [2.45, 2.75) is 26.9 Å². The predicted molar refractivity (Wildman–Crippen MR) is 80.3 cm³/mol. The van der Waals surface area contributed by atoms with Gasteiger partial charge in [-0.15, -0.1) is 5.10 Å². The summed E-state index contributed by atoms with van der Waals surface area (Å²) in [5, 5.41) is 10.1. The van der Waals surface area contributed by atoms with Crippen LogP contribution in [0.15, 0.2) is 22.9 Å². The maximum Gasteiger partial charge on any atom is 0.379 e. The van der Waals surface area contributed by atoms with E-state index in [1.807, 2.05) is 0 Å². The average Bonchev–Trinajstić information content (AvgIpc) is 3.14. The van der Waals surface area contributed by atoms with Crippen molar-refractivity contribution in [3.8, 4) is 0 Å². The molecule has 0 aliphatic heterocycles. The molecule has 1 N–H and O–H groups in total. The minimum Gasteiger partial charge on any atom is -0.447 e. The molecule has 10 heteroatoms. The summed E-state index contributed by atoms with van der Waals surface area (Å²) in [6.07, 6.45) is 0.500. The summed E-state index contributed by atoms with van der Waals surface area (Å²) < 4.78 is 11.3. The third-order valence-electron chi connectivity index (χ3n) is 3.14. The Balaban J connectivity index is 1.68. The first kappa shape index (κ1) is 15.6. The number of hydrogen-bond donors (Lipinski definition) is 1. The van der Waals surface area contributed by atoms with Gasteiger partial charge in [0.15, 0.2) is 11.9 Å². The molecule has 0 radical (unpaired) electrons. The van der Waals surface area contributed by atoms with E-state index in [1.54, 1.807) is 32.2 Å². The number of rotatable bonds is 4. The van der Waals surface area contributed by atoms with Crippen molar-refractivity contribution in [3.05, 3.63) is 35.6 Å². The molecule has 0 aliphatic rings. The van der Waals surface area contributed by atoms with Gasteiger partial charge in [0, 0.05) is 18.0 Å². The van der Waals surface area contributed by atoms with E-state index in [0.29, 0.717) is 5.76 Å². The van der Waals surface area contributed by atoms with Crippen molar-refractivity contribution in [2.75, 3.05) is 5.32 Å². The zero-order chi connectivity index (χ0) is 17.3. The van der Waals surface area contributed by atoms with Crippen molar-refractivity contribution in [1.82, 2.24) is 24.7 Å². The van der Waals surface area contributed by atoms with E-state index in [4.69, 9.17) is 9.26 Å². The van der Waals surface area contributed by atoms with Crippen LogP contribution in [0.1, 0.15) is 29.0 Å². The summed E-state index contributed by atoms with van der Waals surface area (Å²) >= 11 is 0. The van der Waals surface area contributed by atoms with Gasteiger partial charge in [0.1, 0.15) is 5.76 Å². The van der Waals surface area contributed by atoms with Crippen molar-refractivity contribution in [1.29, 1.82) is 0 Å². The molecular formula is C14H14N6O4. The number of nitrogens with zero attached hydrogens (tertiary/aromatic N) is 5. The second-order valence-corrected chi connectivity index (χ2v) is 5.09. The van der Waals surface area contributed by atoms with Crippen molar-refractivity contribution in [3.63, 3.8) is 0 Å². The van der Waals surface area contributed by atoms with Crippen LogP contribution in [0.5, 0.6) is 0 Å². The largest absolute Gasteiger partial charge is 0.447 e. The molecule has 0 aliphatic carbocycles. The molecule has 0 spiro atoms. The van der Waals surface area contributed by atoms with Crippen LogP contribution in [0.25, 0.3) is 5.78 Å². The lowest BCUT2D eigenvalue weighted by atomic mass is 10.3. The number of anilines is 1. The number of fused-ring (bicyclic) bond motifs is 1. The van der Waals surface area contributed by atoms with Crippen LogP contribution in [0.4, 0.5) is 5.82 Å². The number of carbonyl (C=O) groups excluding carboxylic acids is 2. The molecule has 3 heterocycles. The molecule has 10 nitrogen and oxygen atoms in total. The van der Waals surface area contributed by atoms with Gasteiger partial charge >= 0.3 is 5.97 Å². The Morgan fingerprint density at radius 2 is 2.17 bits per heavy atom. The lowest BCUT2D eigenvalue weighted by Gasteiger charge is -2.10. The third-order valence-corrected chi connectivity index (χ3v) is 3.14. The number of hydrogen-bond acceptors (Lipinski definition) is 8. The molecule has 1 unspecified atom stereocenters. The fraction of sp³-hybridized carbons (Fsp3) is 0.286. The lowest BCUT2D eigenvalue weighted by Crippen LogP contribution is -2.30. The van der Waals surface area contributed by atoms with Crippen LogP contribution in [0, 0.1) is 13.8 Å². The number of amides is 1. The highest BCUT2D eigenvalue weighted by molar-refractivity contribution is 5.95. The Morgan fingerprint density at radius 1 is 1.38 bits per heavy atom. The molecule has 1 amide bonds. The van der Waals surface area contributed by atoms with Crippen LogP contribution < -0.4 is 5.32 Å². The quantitative estimate of drug-likeness (QED) is 0.700. The van der Waals surface area contributed by atoms with Crippen molar-refractivity contribution >= 4 is 23.5 Å². The Morgan fingerprint density at radius 3 is 2.83 bits per heavy atom. The molecule has 0 saturated carbocycles. The number of carbonyl (C=O) groups is 2. The highest BCUT2D eigenvalue weighted by Gasteiger charge is 2.23. The average molecular weight is 330 g/mol. The first-order valence-corrected chi connectivity index (χ1v) is 7.07. The Labute approximate surface area is 135 Å². The Kier molecular flexibility index (Phi) is 3.94. The molecular weight excluding hydrogens is 316 g/mol. The molecule has 0 aromatic carbocycles. The second kappa shape index (κ2) is 6.07. The molecule has 3 aromatic rings. The number of aromatic nitrogens is 5. The maximum absolute atomic E-state index is 12.1. The van der Waals surface area contributed by atoms with E-state index >= 15 is 0 Å². The molecule has 0 saturated heterocycles. The number of aryl methyl sites for hydroxylation is 2. The van der Waals surface area contributed by atoms with Gasteiger partial charge in [-0.05, 0) is 26.8 Å². The Hall–Kier alpha value is -3.30. The zero-order valence-corrected chi connectivity index (χ0v) is 13.2. The summed E-state index contributed by atoms with van der Waals surface area (Å²) in [5.41, 5.74) is 0.763.